The van der Waals surface area contributed by atoms with Crippen molar-refractivity contribution in [1.82, 2.24) is 15.6 Å². The lowest BCUT2D eigenvalue weighted by Crippen LogP contribution is -2.39. The van der Waals surface area contributed by atoms with Gasteiger partial charge in [-0.2, -0.15) is 5.10 Å². The summed E-state index contributed by atoms with van der Waals surface area (Å²) in [5, 5.41) is 8.48. The van der Waals surface area contributed by atoms with Crippen molar-refractivity contribution in [3.63, 3.8) is 0 Å². The van der Waals surface area contributed by atoms with Crippen molar-refractivity contribution in [1.29, 1.82) is 0 Å². The molecule has 0 spiro atoms. The summed E-state index contributed by atoms with van der Waals surface area (Å²) in [4.78, 5) is 2.40. The summed E-state index contributed by atoms with van der Waals surface area (Å²) in [7, 11) is 0. The number of ether oxygens (including phenoxy) is 1. The van der Waals surface area contributed by atoms with Gasteiger partial charge in [0.25, 0.3) is 0 Å². The molecule has 1 saturated heterocycles. The Kier molecular flexibility index (Phi) is 7.59. The molecule has 1 aliphatic rings. The van der Waals surface area contributed by atoms with Gasteiger partial charge in [-0.05, 0) is 42.9 Å². The Bertz CT molecular complexity index is 489. The topological polar surface area (TPSA) is 48.9 Å². The van der Waals surface area contributed by atoms with Gasteiger partial charge < -0.3 is 10.1 Å². The summed E-state index contributed by atoms with van der Waals surface area (Å²) in [5.74, 6) is 0. The van der Waals surface area contributed by atoms with Crippen LogP contribution in [0.1, 0.15) is 12.0 Å². The Balaban J connectivity index is 1.56. The largest absolute Gasteiger partial charge is 0.379 e. The first kappa shape index (κ1) is 17.1. The SMILES string of the molecule is S=C(NCCCN1CCOCC1)NN=Cc1ccc(Cl)cc1. The van der Waals surface area contributed by atoms with Gasteiger partial charge >= 0.3 is 0 Å². The maximum atomic E-state index is 5.82. The zero-order valence-corrected chi connectivity index (χ0v) is 14.0. The zero-order valence-electron chi connectivity index (χ0n) is 12.4. The van der Waals surface area contributed by atoms with Crippen LogP contribution in [0, 0.1) is 0 Å². The van der Waals surface area contributed by atoms with Gasteiger partial charge in [-0.25, -0.2) is 0 Å². The van der Waals surface area contributed by atoms with Crippen LogP contribution in [0.4, 0.5) is 0 Å². The van der Waals surface area contributed by atoms with Crippen molar-refractivity contribution >= 4 is 35.1 Å². The highest BCUT2D eigenvalue weighted by molar-refractivity contribution is 7.80. The number of hydrogen-bond donors (Lipinski definition) is 2. The molecule has 0 saturated carbocycles. The van der Waals surface area contributed by atoms with Crippen LogP contribution in [0.3, 0.4) is 0 Å². The van der Waals surface area contributed by atoms with E-state index in [2.05, 4.69) is 20.7 Å². The zero-order chi connectivity index (χ0) is 15.6. The third-order valence-corrected chi connectivity index (χ3v) is 3.78. The molecule has 1 heterocycles. The Morgan fingerprint density at radius 1 is 1.32 bits per heavy atom. The second-order valence-electron chi connectivity index (χ2n) is 4.99. The summed E-state index contributed by atoms with van der Waals surface area (Å²) in [5.41, 5.74) is 3.77. The van der Waals surface area contributed by atoms with Gasteiger partial charge in [0.05, 0.1) is 19.4 Å². The number of benzene rings is 1. The molecule has 5 nitrogen and oxygen atoms in total. The molecule has 120 valence electrons. The number of nitrogens with one attached hydrogen (secondary N) is 2. The van der Waals surface area contributed by atoms with Crippen molar-refractivity contribution in [3.05, 3.63) is 34.9 Å². The Labute approximate surface area is 141 Å². The van der Waals surface area contributed by atoms with Crippen LogP contribution in [0.5, 0.6) is 0 Å². The fraction of sp³-hybridized carbons (Fsp3) is 0.467. The quantitative estimate of drug-likeness (QED) is 0.358. The smallest absolute Gasteiger partial charge is 0.186 e. The van der Waals surface area contributed by atoms with Crippen LogP contribution in [0.15, 0.2) is 29.4 Å². The third-order valence-electron chi connectivity index (χ3n) is 3.29. The van der Waals surface area contributed by atoms with Crippen molar-refractivity contribution < 1.29 is 4.74 Å². The van der Waals surface area contributed by atoms with Crippen molar-refractivity contribution in [2.75, 3.05) is 39.4 Å². The monoisotopic (exact) mass is 340 g/mol. The number of rotatable bonds is 6. The summed E-state index contributed by atoms with van der Waals surface area (Å²) >= 11 is 11.0. The van der Waals surface area contributed by atoms with Crippen molar-refractivity contribution in [2.45, 2.75) is 6.42 Å². The second kappa shape index (κ2) is 9.74. The summed E-state index contributed by atoms with van der Waals surface area (Å²) in [6, 6.07) is 7.44. The lowest BCUT2D eigenvalue weighted by atomic mass is 10.2. The average Bonchev–Trinajstić information content (AvgIpc) is 2.54. The molecule has 2 N–H and O–H groups in total. The lowest BCUT2D eigenvalue weighted by Gasteiger charge is -2.26. The first-order valence-corrected chi connectivity index (χ1v) is 8.15. The summed E-state index contributed by atoms with van der Waals surface area (Å²) in [6.07, 6.45) is 2.75. The Hall–Kier alpha value is -1.21. The number of hydrazone groups is 1. The minimum Gasteiger partial charge on any atom is -0.379 e. The van der Waals surface area contributed by atoms with Crippen LogP contribution in [-0.2, 0) is 4.74 Å². The van der Waals surface area contributed by atoms with Gasteiger partial charge in [-0.15, -0.1) is 0 Å². The molecule has 2 rings (SSSR count). The van der Waals surface area contributed by atoms with E-state index in [-0.39, 0.29) is 0 Å². The fourth-order valence-corrected chi connectivity index (χ4v) is 2.36. The Morgan fingerprint density at radius 2 is 2.05 bits per heavy atom. The molecule has 0 amide bonds. The van der Waals surface area contributed by atoms with E-state index in [1.54, 1.807) is 6.21 Å². The molecular formula is C15H21ClN4OS. The molecule has 1 aliphatic heterocycles. The minimum absolute atomic E-state index is 0.534. The van der Waals surface area contributed by atoms with E-state index in [0.29, 0.717) is 10.1 Å². The van der Waals surface area contributed by atoms with Crippen LogP contribution >= 0.6 is 23.8 Å². The van der Waals surface area contributed by atoms with Gasteiger partial charge in [-0.3, -0.25) is 10.3 Å². The molecule has 1 fully saturated rings. The van der Waals surface area contributed by atoms with E-state index in [1.807, 2.05) is 24.3 Å². The van der Waals surface area contributed by atoms with E-state index >= 15 is 0 Å². The maximum absolute atomic E-state index is 5.82. The molecule has 1 aromatic carbocycles. The van der Waals surface area contributed by atoms with Gasteiger partial charge in [0, 0.05) is 24.7 Å². The van der Waals surface area contributed by atoms with E-state index in [9.17, 15) is 0 Å². The summed E-state index contributed by atoms with van der Waals surface area (Å²) < 4.78 is 5.32. The third kappa shape index (κ3) is 6.70. The van der Waals surface area contributed by atoms with E-state index in [1.165, 1.54) is 0 Å². The molecule has 22 heavy (non-hydrogen) atoms. The highest BCUT2D eigenvalue weighted by Crippen LogP contribution is 2.07. The number of hydrogen-bond acceptors (Lipinski definition) is 4. The molecule has 7 heteroatoms. The average molecular weight is 341 g/mol. The highest BCUT2D eigenvalue weighted by atomic mass is 35.5. The molecule has 0 aliphatic carbocycles. The molecular weight excluding hydrogens is 320 g/mol. The first-order chi connectivity index (χ1) is 10.7. The minimum atomic E-state index is 0.534. The molecule has 0 atom stereocenters. The molecule has 0 bridgehead atoms. The predicted octanol–water partition coefficient (Wildman–Crippen LogP) is 1.86. The van der Waals surface area contributed by atoms with Gasteiger partial charge in [0.15, 0.2) is 5.11 Å². The number of thiocarbonyl (C=S) groups is 1. The molecule has 0 aromatic heterocycles. The van der Waals surface area contributed by atoms with Crippen LogP contribution in [0.25, 0.3) is 0 Å². The lowest BCUT2D eigenvalue weighted by molar-refractivity contribution is 0.0376. The van der Waals surface area contributed by atoms with E-state index in [4.69, 9.17) is 28.6 Å². The fourth-order valence-electron chi connectivity index (χ4n) is 2.08. The van der Waals surface area contributed by atoms with Crippen LogP contribution < -0.4 is 10.7 Å². The van der Waals surface area contributed by atoms with Crippen molar-refractivity contribution in [2.24, 2.45) is 5.10 Å². The number of morpholine rings is 1. The first-order valence-electron chi connectivity index (χ1n) is 7.36. The normalized spacial score (nSPS) is 15.9. The standard InChI is InChI=1S/C15H21ClN4OS/c16-14-4-2-13(3-5-14)12-18-19-15(22)17-6-1-7-20-8-10-21-11-9-20/h2-5,12H,1,6-11H2,(H2,17,19,22). The Morgan fingerprint density at radius 3 is 2.77 bits per heavy atom. The van der Waals surface area contributed by atoms with Crippen molar-refractivity contribution in [3.8, 4) is 0 Å². The summed E-state index contributed by atoms with van der Waals surface area (Å²) in [6.45, 7) is 5.62. The van der Waals surface area contributed by atoms with Gasteiger partial charge in [-0.1, -0.05) is 23.7 Å². The van der Waals surface area contributed by atoms with Crippen LogP contribution in [-0.4, -0.2) is 55.6 Å². The number of nitrogens with zero attached hydrogens (tertiary/aromatic N) is 2. The molecule has 0 unspecified atom stereocenters. The predicted molar refractivity (Wildman–Crippen MR) is 94.7 cm³/mol. The second-order valence-corrected chi connectivity index (χ2v) is 5.83. The molecule has 0 radical (unpaired) electrons. The highest BCUT2D eigenvalue weighted by Gasteiger charge is 2.08. The van der Waals surface area contributed by atoms with Gasteiger partial charge in [0.2, 0.25) is 0 Å². The van der Waals surface area contributed by atoms with E-state index in [0.717, 1.165) is 51.4 Å². The maximum Gasteiger partial charge on any atom is 0.186 e. The molecule has 1 aromatic rings. The van der Waals surface area contributed by atoms with E-state index < -0.39 is 0 Å². The number of halogens is 1. The van der Waals surface area contributed by atoms with Gasteiger partial charge in [0.1, 0.15) is 0 Å². The van der Waals surface area contributed by atoms with Crippen LogP contribution in [0.2, 0.25) is 5.02 Å².